The summed E-state index contributed by atoms with van der Waals surface area (Å²) in [4.78, 5) is 63.2. The second kappa shape index (κ2) is 9.10. The zero-order chi connectivity index (χ0) is 25.4. The lowest BCUT2D eigenvalue weighted by atomic mass is 9.77. The maximum atomic E-state index is 12.9. The molecule has 3 aromatic rings. The lowest BCUT2D eigenvalue weighted by Gasteiger charge is -2.33. The van der Waals surface area contributed by atoms with Gasteiger partial charge >= 0.3 is 12.0 Å². The van der Waals surface area contributed by atoms with Crippen LogP contribution in [0, 0.1) is 5.92 Å². The number of carbonyl (C=O) groups excluding carboxylic acids is 4. The number of benzene rings is 2. The summed E-state index contributed by atoms with van der Waals surface area (Å²) >= 11 is 0. The molecule has 10 heteroatoms. The fraction of sp³-hybridized carbons (Fsp3) is 0.346. The zero-order valence-electron chi connectivity index (χ0n) is 19.8. The molecule has 2 N–H and O–H groups in total. The minimum Gasteiger partial charge on any atom is -0.454 e. The Kier molecular flexibility index (Phi) is 5.95. The molecule has 1 aliphatic carbocycles. The number of rotatable bonds is 5. The molecule has 10 nitrogen and oxygen atoms in total. The van der Waals surface area contributed by atoms with Gasteiger partial charge in [0.15, 0.2) is 12.0 Å². The predicted octanol–water partition coefficient (Wildman–Crippen LogP) is 2.23. The summed E-state index contributed by atoms with van der Waals surface area (Å²) in [7, 11) is 0. The number of imide groups is 1. The molecule has 1 saturated heterocycles. The first-order valence-electron chi connectivity index (χ1n) is 11.9. The summed E-state index contributed by atoms with van der Waals surface area (Å²) < 4.78 is 6.81. The van der Waals surface area contributed by atoms with E-state index in [-0.39, 0.29) is 12.0 Å². The molecular formula is C26H26N4O6. The van der Waals surface area contributed by atoms with E-state index in [1.54, 1.807) is 53.1 Å². The first kappa shape index (κ1) is 23.5. The van der Waals surface area contributed by atoms with Crippen molar-refractivity contribution in [1.29, 1.82) is 0 Å². The van der Waals surface area contributed by atoms with Crippen LogP contribution in [0.3, 0.4) is 0 Å². The van der Waals surface area contributed by atoms with Crippen LogP contribution in [0.2, 0.25) is 0 Å². The predicted molar refractivity (Wildman–Crippen MR) is 131 cm³/mol. The van der Waals surface area contributed by atoms with Crippen molar-refractivity contribution in [2.24, 2.45) is 5.92 Å². The van der Waals surface area contributed by atoms with E-state index in [0.29, 0.717) is 45.6 Å². The number of fused-ring (bicyclic) bond motifs is 2. The van der Waals surface area contributed by atoms with Gasteiger partial charge < -0.3 is 14.6 Å². The van der Waals surface area contributed by atoms with Crippen LogP contribution in [-0.4, -0.2) is 45.5 Å². The van der Waals surface area contributed by atoms with E-state index in [9.17, 15) is 24.0 Å². The molecule has 1 saturated carbocycles. The molecule has 5 rings (SSSR count). The van der Waals surface area contributed by atoms with Crippen LogP contribution >= 0.6 is 0 Å². The van der Waals surface area contributed by atoms with Crippen LogP contribution in [0.4, 0.5) is 4.79 Å². The Morgan fingerprint density at radius 3 is 2.19 bits per heavy atom. The van der Waals surface area contributed by atoms with Crippen LogP contribution < -0.4 is 16.2 Å². The second-order valence-corrected chi connectivity index (χ2v) is 9.48. The average Bonchev–Trinajstić information content (AvgIpc) is 3.11. The molecule has 2 aliphatic rings. The number of para-hydroxylation sites is 2. The van der Waals surface area contributed by atoms with Crippen LogP contribution in [0.5, 0.6) is 0 Å². The molecule has 2 heterocycles. The van der Waals surface area contributed by atoms with Crippen LogP contribution in [0.1, 0.15) is 32.6 Å². The highest BCUT2D eigenvalue weighted by atomic mass is 16.5. The highest BCUT2D eigenvalue weighted by Gasteiger charge is 2.52. The Hall–Kier alpha value is -4.21. The van der Waals surface area contributed by atoms with Gasteiger partial charge in [-0.25, -0.2) is 4.79 Å². The average molecular weight is 491 g/mol. The molecular weight excluding hydrogens is 464 g/mol. The third kappa shape index (κ3) is 4.08. The van der Waals surface area contributed by atoms with E-state index >= 15 is 0 Å². The van der Waals surface area contributed by atoms with Gasteiger partial charge in [-0.05, 0) is 55.9 Å². The fourth-order valence-corrected chi connectivity index (χ4v) is 5.04. The maximum absolute atomic E-state index is 12.9. The lowest BCUT2D eigenvalue weighted by molar-refractivity contribution is -0.151. The van der Waals surface area contributed by atoms with Gasteiger partial charge in [0.05, 0.1) is 11.0 Å². The topological polar surface area (TPSA) is 127 Å². The highest BCUT2D eigenvalue weighted by molar-refractivity contribution is 6.08. The number of hydrazine groups is 1. The Morgan fingerprint density at radius 2 is 1.58 bits per heavy atom. The molecule has 1 aliphatic heterocycles. The number of nitrogens with one attached hydrogen (secondary N) is 2. The van der Waals surface area contributed by atoms with E-state index in [4.69, 9.17) is 4.74 Å². The van der Waals surface area contributed by atoms with Crippen molar-refractivity contribution in [1.82, 2.24) is 20.3 Å². The molecule has 0 bridgehead atoms. The molecule has 4 amide bonds. The summed E-state index contributed by atoms with van der Waals surface area (Å²) in [6.07, 6.45) is 2.64. The number of hydrogen-bond acceptors (Lipinski definition) is 6. The molecule has 36 heavy (non-hydrogen) atoms. The van der Waals surface area contributed by atoms with Crippen molar-refractivity contribution < 1.29 is 23.9 Å². The van der Waals surface area contributed by atoms with Crippen molar-refractivity contribution >= 4 is 45.6 Å². The van der Waals surface area contributed by atoms with Gasteiger partial charge in [0.1, 0.15) is 12.1 Å². The van der Waals surface area contributed by atoms with Gasteiger partial charge in [0.2, 0.25) is 0 Å². The Bertz CT molecular complexity index is 1390. The van der Waals surface area contributed by atoms with Crippen LogP contribution in [0.15, 0.2) is 53.3 Å². The summed E-state index contributed by atoms with van der Waals surface area (Å²) in [5.41, 5.74) is 2.26. The number of nitrogens with zero attached hydrogens (tertiary/aromatic N) is 2. The smallest absolute Gasteiger partial charge is 0.344 e. The number of pyridine rings is 1. The lowest BCUT2D eigenvalue weighted by Crippen LogP contribution is -2.52. The van der Waals surface area contributed by atoms with E-state index < -0.39 is 36.0 Å². The molecule has 1 aromatic heterocycles. The molecule has 2 fully saturated rings. The van der Waals surface area contributed by atoms with Gasteiger partial charge in [-0.15, -0.1) is 0 Å². The standard InChI is InChI=1S/C26H26N4O6/c1-16-10-12-26(13-11-16)24(34)30(25(35)27-26)28-21(31)15-36-22(32)14-29-19-8-4-2-6-17(19)23(33)18-7-3-5-9-20(18)29/h2-9,16H,10-15H2,1H3,(H,27,35)(H,28,31). The SMILES string of the molecule is CC1CCC2(CC1)NC(=O)N(NC(=O)COC(=O)Cn1c3ccccc3c(=O)c3ccccc31)C2=O. The number of esters is 1. The molecule has 2 aromatic carbocycles. The minimum absolute atomic E-state index is 0.135. The quantitative estimate of drug-likeness (QED) is 0.321. The molecule has 1 spiro atoms. The van der Waals surface area contributed by atoms with Gasteiger partial charge in [-0.2, -0.15) is 5.01 Å². The van der Waals surface area contributed by atoms with Crippen molar-refractivity contribution in [3.63, 3.8) is 0 Å². The first-order chi connectivity index (χ1) is 17.3. The van der Waals surface area contributed by atoms with Gasteiger partial charge in [0.25, 0.3) is 11.8 Å². The Labute approximate surface area is 206 Å². The minimum atomic E-state index is -0.986. The number of urea groups is 1. The molecule has 0 atom stereocenters. The first-order valence-corrected chi connectivity index (χ1v) is 11.9. The summed E-state index contributed by atoms with van der Waals surface area (Å²) in [6, 6.07) is 13.2. The third-order valence-electron chi connectivity index (χ3n) is 7.06. The number of hydrogen-bond donors (Lipinski definition) is 2. The normalized spacial score (nSPS) is 21.7. The van der Waals surface area contributed by atoms with Crippen LogP contribution in [-0.2, 0) is 25.7 Å². The van der Waals surface area contributed by atoms with E-state index in [2.05, 4.69) is 17.7 Å². The van der Waals surface area contributed by atoms with Crippen molar-refractivity contribution in [2.75, 3.05) is 6.61 Å². The fourth-order valence-electron chi connectivity index (χ4n) is 5.04. The number of ether oxygens (including phenoxy) is 1. The molecule has 0 unspecified atom stereocenters. The van der Waals surface area contributed by atoms with Crippen molar-refractivity contribution in [3.05, 3.63) is 58.8 Å². The van der Waals surface area contributed by atoms with E-state index in [0.717, 1.165) is 12.8 Å². The Balaban J connectivity index is 1.26. The van der Waals surface area contributed by atoms with Gasteiger partial charge in [0, 0.05) is 10.8 Å². The van der Waals surface area contributed by atoms with E-state index in [1.165, 1.54) is 0 Å². The van der Waals surface area contributed by atoms with Crippen molar-refractivity contribution in [2.45, 2.75) is 44.7 Å². The largest absolute Gasteiger partial charge is 0.454 e. The van der Waals surface area contributed by atoms with Gasteiger partial charge in [-0.3, -0.25) is 24.6 Å². The van der Waals surface area contributed by atoms with Crippen molar-refractivity contribution in [3.8, 4) is 0 Å². The summed E-state index contributed by atoms with van der Waals surface area (Å²) in [5, 5.41) is 4.32. The maximum Gasteiger partial charge on any atom is 0.344 e. The number of amides is 4. The summed E-state index contributed by atoms with van der Waals surface area (Å²) in [6.45, 7) is 1.19. The highest BCUT2D eigenvalue weighted by Crippen LogP contribution is 2.35. The van der Waals surface area contributed by atoms with Gasteiger partial charge in [-0.1, -0.05) is 31.2 Å². The molecule has 186 valence electrons. The second-order valence-electron chi connectivity index (χ2n) is 9.48. The summed E-state index contributed by atoms with van der Waals surface area (Å²) in [5.74, 6) is -1.53. The van der Waals surface area contributed by atoms with E-state index in [1.807, 2.05) is 0 Å². The Morgan fingerprint density at radius 1 is 1.00 bits per heavy atom. The number of aromatic nitrogens is 1. The monoisotopic (exact) mass is 490 g/mol. The zero-order valence-corrected chi connectivity index (χ0v) is 19.8. The molecule has 0 radical (unpaired) electrons. The third-order valence-corrected chi connectivity index (χ3v) is 7.06. The van der Waals surface area contributed by atoms with Crippen LogP contribution in [0.25, 0.3) is 21.8 Å². The number of carbonyl (C=O) groups is 4.